The van der Waals surface area contributed by atoms with Crippen LogP contribution < -0.4 is 11.1 Å². The molecule has 6 nitrogen and oxygen atoms in total. The van der Waals surface area contributed by atoms with E-state index in [2.05, 4.69) is 15.3 Å². The van der Waals surface area contributed by atoms with Crippen LogP contribution in [0.5, 0.6) is 0 Å². The maximum Gasteiger partial charge on any atom is 0.257 e. The molecule has 4 aromatic rings. The summed E-state index contributed by atoms with van der Waals surface area (Å²) >= 11 is 0. The summed E-state index contributed by atoms with van der Waals surface area (Å²) in [5, 5.41) is 2.94. The monoisotopic (exact) mass is 331 g/mol. The van der Waals surface area contributed by atoms with E-state index in [-0.39, 0.29) is 5.91 Å². The number of amides is 1. The molecule has 0 unspecified atom stereocenters. The minimum Gasteiger partial charge on any atom is -0.345 e. The standard InChI is InChI=1S/C19H17N5O/c20-11-15-6-3-9-24(15)14-5-1-4-13(10-14)23-19(25)16-7-2-8-17-18(16)22-12-21-17/h1-10,12H,11,20H2,(H,21,22)(H,23,25). The Kier molecular flexibility index (Phi) is 3.80. The lowest BCUT2D eigenvalue weighted by molar-refractivity contribution is 0.102. The largest absolute Gasteiger partial charge is 0.345 e. The zero-order valence-electron chi connectivity index (χ0n) is 13.4. The molecule has 2 aromatic carbocycles. The average Bonchev–Trinajstić information content (AvgIpc) is 3.30. The van der Waals surface area contributed by atoms with Crippen molar-refractivity contribution >= 4 is 22.6 Å². The number of benzene rings is 2. The van der Waals surface area contributed by atoms with Crippen LogP contribution in [0.15, 0.2) is 67.1 Å². The summed E-state index contributed by atoms with van der Waals surface area (Å²) in [5.74, 6) is -0.193. The van der Waals surface area contributed by atoms with Crippen molar-refractivity contribution in [2.24, 2.45) is 5.73 Å². The number of carbonyl (C=O) groups excluding carboxylic acids is 1. The van der Waals surface area contributed by atoms with E-state index < -0.39 is 0 Å². The lowest BCUT2D eigenvalue weighted by Crippen LogP contribution is -2.13. The Bertz CT molecular complexity index is 1050. The van der Waals surface area contributed by atoms with Gasteiger partial charge in [-0.2, -0.15) is 0 Å². The Morgan fingerprint density at radius 3 is 2.92 bits per heavy atom. The van der Waals surface area contributed by atoms with Gasteiger partial charge in [-0.05, 0) is 42.5 Å². The number of aromatic nitrogens is 3. The highest BCUT2D eigenvalue weighted by Gasteiger charge is 2.12. The van der Waals surface area contributed by atoms with Crippen molar-refractivity contribution in [3.8, 4) is 5.69 Å². The van der Waals surface area contributed by atoms with Crippen molar-refractivity contribution in [2.45, 2.75) is 6.54 Å². The molecule has 0 saturated carbocycles. The maximum atomic E-state index is 12.7. The van der Waals surface area contributed by atoms with E-state index in [1.807, 2.05) is 59.3 Å². The summed E-state index contributed by atoms with van der Waals surface area (Å²) in [7, 11) is 0. The molecule has 0 saturated heterocycles. The van der Waals surface area contributed by atoms with E-state index in [0.717, 1.165) is 16.9 Å². The molecule has 1 amide bonds. The normalized spacial score (nSPS) is 10.9. The molecule has 0 aliphatic rings. The summed E-state index contributed by atoms with van der Waals surface area (Å²) in [6.45, 7) is 0.449. The number of nitrogens with one attached hydrogen (secondary N) is 2. The molecule has 2 aromatic heterocycles. The molecule has 4 rings (SSSR count). The van der Waals surface area contributed by atoms with Crippen LogP contribution in [-0.2, 0) is 6.54 Å². The van der Waals surface area contributed by atoms with Crippen LogP contribution >= 0.6 is 0 Å². The second-order valence-corrected chi connectivity index (χ2v) is 5.68. The van der Waals surface area contributed by atoms with Gasteiger partial charge in [0.1, 0.15) is 5.52 Å². The zero-order chi connectivity index (χ0) is 17.2. The summed E-state index contributed by atoms with van der Waals surface area (Å²) in [5.41, 5.74) is 10.5. The molecule has 0 aliphatic carbocycles. The van der Waals surface area contributed by atoms with Gasteiger partial charge in [0.15, 0.2) is 0 Å². The predicted octanol–water partition coefficient (Wildman–Crippen LogP) is 3.06. The van der Waals surface area contributed by atoms with Crippen molar-refractivity contribution in [3.05, 3.63) is 78.4 Å². The molecule has 124 valence electrons. The van der Waals surface area contributed by atoms with Crippen molar-refractivity contribution in [2.75, 3.05) is 5.32 Å². The van der Waals surface area contributed by atoms with Crippen molar-refractivity contribution in [1.29, 1.82) is 0 Å². The molecule has 0 aliphatic heterocycles. The van der Waals surface area contributed by atoms with Crippen molar-refractivity contribution < 1.29 is 4.79 Å². The molecule has 0 atom stereocenters. The van der Waals surface area contributed by atoms with Crippen molar-refractivity contribution in [3.63, 3.8) is 0 Å². The van der Waals surface area contributed by atoms with Crippen molar-refractivity contribution in [1.82, 2.24) is 14.5 Å². The number of anilines is 1. The second kappa shape index (κ2) is 6.26. The number of H-pyrrole nitrogens is 1. The third kappa shape index (κ3) is 2.79. The van der Waals surface area contributed by atoms with Gasteiger partial charge in [-0.15, -0.1) is 0 Å². The molecule has 2 heterocycles. The van der Waals surface area contributed by atoms with E-state index >= 15 is 0 Å². The summed E-state index contributed by atoms with van der Waals surface area (Å²) in [4.78, 5) is 19.9. The van der Waals surface area contributed by atoms with Gasteiger partial charge in [-0.3, -0.25) is 4.79 Å². The summed E-state index contributed by atoms with van der Waals surface area (Å²) in [6.07, 6.45) is 3.54. The van der Waals surface area contributed by atoms with Crippen LogP contribution in [0, 0.1) is 0 Å². The van der Waals surface area contributed by atoms with E-state index in [9.17, 15) is 4.79 Å². The Balaban J connectivity index is 1.64. The second-order valence-electron chi connectivity index (χ2n) is 5.68. The van der Waals surface area contributed by atoms with E-state index in [0.29, 0.717) is 23.3 Å². The van der Waals surface area contributed by atoms with Gasteiger partial charge in [0.05, 0.1) is 17.4 Å². The number of hydrogen-bond acceptors (Lipinski definition) is 3. The number of aromatic amines is 1. The Hall–Kier alpha value is -3.38. The molecule has 4 N–H and O–H groups in total. The van der Waals surface area contributed by atoms with Gasteiger partial charge in [-0.25, -0.2) is 4.98 Å². The highest BCUT2D eigenvalue weighted by atomic mass is 16.1. The third-order valence-electron chi connectivity index (χ3n) is 4.12. The molecular formula is C19H17N5O. The number of fused-ring (bicyclic) bond motifs is 1. The fraction of sp³-hybridized carbons (Fsp3) is 0.0526. The van der Waals surface area contributed by atoms with Crippen LogP contribution in [0.25, 0.3) is 16.7 Å². The zero-order valence-corrected chi connectivity index (χ0v) is 13.4. The smallest absolute Gasteiger partial charge is 0.257 e. The first-order valence-corrected chi connectivity index (χ1v) is 7.96. The number of hydrogen-bond donors (Lipinski definition) is 3. The molecule has 0 bridgehead atoms. The topological polar surface area (TPSA) is 88.7 Å². The molecule has 0 radical (unpaired) electrons. The number of nitrogens with two attached hydrogens (primary N) is 1. The quantitative estimate of drug-likeness (QED) is 0.537. The SMILES string of the molecule is NCc1cccn1-c1cccc(NC(=O)c2cccc3[nH]cnc23)c1. The van der Waals surface area contributed by atoms with Crippen LogP contribution in [0.1, 0.15) is 16.1 Å². The van der Waals surface area contributed by atoms with E-state index in [4.69, 9.17) is 5.73 Å². The van der Waals surface area contributed by atoms with Crippen LogP contribution in [-0.4, -0.2) is 20.4 Å². The van der Waals surface area contributed by atoms with Crippen LogP contribution in [0.3, 0.4) is 0 Å². The van der Waals surface area contributed by atoms with E-state index in [1.54, 1.807) is 12.4 Å². The lowest BCUT2D eigenvalue weighted by atomic mass is 10.1. The first-order valence-electron chi connectivity index (χ1n) is 7.96. The minimum absolute atomic E-state index is 0.193. The highest BCUT2D eigenvalue weighted by molar-refractivity contribution is 6.11. The van der Waals surface area contributed by atoms with Gasteiger partial charge in [-0.1, -0.05) is 12.1 Å². The first kappa shape index (κ1) is 15.2. The maximum absolute atomic E-state index is 12.7. The summed E-state index contributed by atoms with van der Waals surface area (Å²) in [6, 6.07) is 17.1. The number of nitrogens with zero attached hydrogens (tertiary/aromatic N) is 2. The third-order valence-corrected chi connectivity index (χ3v) is 4.12. The molecular weight excluding hydrogens is 314 g/mol. The minimum atomic E-state index is -0.193. The molecule has 0 spiro atoms. The Morgan fingerprint density at radius 1 is 1.16 bits per heavy atom. The fourth-order valence-corrected chi connectivity index (χ4v) is 2.92. The number of imidazole rings is 1. The Morgan fingerprint density at radius 2 is 2.04 bits per heavy atom. The average molecular weight is 331 g/mol. The van der Waals surface area contributed by atoms with E-state index in [1.165, 1.54) is 0 Å². The molecule has 25 heavy (non-hydrogen) atoms. The number of rotatable bonds is 4. The van der Waals surface area contributed by atoms with Gasteiger partial charge in [0, 0.05) is 29.8 Å². The van der Waals surface area contributed by atoms with Gasteiger partial charge in [0.2, 0.25) is 0 Å². The molecule has 6 heteroatoms. The summed E-state index contributed by atoms with van der Waals surface area (Å²) < 4.78 is 2.00. The first-order chi connectivity index (χ1) is 12.3. The highest BCUT2D eigenvalue weighted by Crippen LogP contribution is 2.20. The fourth-order valence-electron chi connectivity index (χ4n) is 2.92. The number of para-hydroxylation sites is 1. The lowest BCUT2D eigenvalue weighted by Gasteiger charge is -2.11. The van der Waals surface area contributed by atoms with Gasteiger partial charge < -0.3 is 20.6 Å². The van der Waals surface area contributed by atoms with Gasteiger partial charge in [0.25, 0.3) is 5.91 Å². The number of carbonyl (C=O) groups is 1. The van der Waals surface area contributed by atoms with Crippen LogP contribution in [0.4, 0.5) is 5.69 Å². The van der Waals surface area contributed by atoms with Crippen LogP contribution in [0.2, 0.25) is 0 Å². The van der Waals surface area contributed by atoms with Gasteiger partial charge >= 0.3 is 0 Å². The predicted molar refractivity (Wildman–Crippen MR) is 97.7 cm³/mol. The Labute approximate surface area is 144 Å². The molecule has 0 fully saturated rings.